The molecule has 0 spiro atoms. The molecule has 1 aromatic rings. The summed E-state index contributed by atoms with van der Waals surface area (Å²) in [5, 5.41) is 17.3. The Balaban J connectivity index is 2.95. The van der Waals surface area contributed by atoms with Crippen molar-refractivity contribution in [2.45, 2.75) is 12.5 Å². The molecule has 5 N–H and O–H groups in total. The summed E-state index contributed by atoms with van der Waals surface area (Å²) in [4.78, 5) is 0. The van der Waals surface area contributed by atoms with Crippen LogP contribution in [0.5, 0.6) is 0 Å². The van der Waals surface area contributed by atoms with Crippen molar-refractivity contribution in [2.75, 3.05) is 12.3 Å². The second-order valence-electron chi connectivity index (χ2n) is 3.07. The predicted octanol–water partition coefficient (Wildman–Crippen LogP) is 0.523. The zero-order valence-electron chi connectivity index (χ0n) is 7.77. The highest BCUT2D eigenvalue weighted by molar-refractivity contribution is 5.53. The number of nitrogens with two attached hydrogens (primary N) is 2. The monoisotopic (exact) mass is 191 g/mol. The standard InChI is InChI=1S/C10H13N3O/c11-6-7-1-2-8(10(13)5-7)9(12)3-4-14/h1-2,5,9,14H,3-4,12-13H2/t9-/m1/s1. The van der Waals surface area contributed by atoms with Gasteiger partial charge in [0.15, 0.2) is 0 Å². The number of nitrogen functional groups attached to an aromatic ring is 1. The van der Waals surface area contributed by atoms with Crippen LogP contribution in [0.15, 0.2) is 18.2 Å². The maximum absolute atomic E-state index is 8.72. The third-order valence-electron chi connectivity index (χ3n) is 2.06. The van der Waals surface area contributed by atoms with Crippen LogP contribution in [0.1, 0.15) is 23.6 Å². The molecule has 1 rings (SSSR count). The zero-order valence-corrected chi connectivity index (χ0v) is 7.77. The summed E-state index contributed by atoms with van der Waals surface area (Å²) >= 11 is 0. The molecule has 0 heterocycles. The summed E-state index contributed by atoms with van der Waals surface area (Å²) in [6.45, 7) is 0.0284. The van der Waals surface area contributed by atoms with E-state index in [4.69, 9.17) is 21.8 Å². The second kappa shape index (κ2) is 4.61. The first-order valence-electron chi connectivity index (χ1n) is 4.35. The molecule has 0 aliphatic heterocycles. The molecule has 0 radical (unpaired) electrons. The van der Waals surface area contributed by atoms with Crippen LogP contribution in [0.4, 0.5) is 5.69 Å². The van der Waals surface area contributed by atoms with Gasteiger partial charge < -0.3 is 16.6 Å². The number of hydrogen-bond acceptors (Lipinski definition) is 4. The topological polar surface area (TPSA) is 96.1 Å². The molecular weight excluding hydrogens is 178 g/mol. The number of aliphatic hydroxyl groups is 1. The van der Waals surface area contributed by atoms with Crippen molar-refractivity contribution in [2.24, 2.45) is 5.73 Å². The number of rotatable bonds is 3. The fourth-order valence-corrected chi connectivity index (χ4v) is 1.28. The van der Waals surface area contributed by atoms with E-state index in [0.29, 0.717) is 17.7 Å². The van der Waals surface area contributed by atoms with Gasteiger partial charge in [-0.3, -0.25) is 0 Å². The van der Waals surface area contributed by atoms with Crippen LogP contribution in [0.2, 0.25) is 0 Å². The second-order valence-corrected chi connectivity index (χ2v) is 3.07. The van der Waals surface area contributed by atoms with E-state index in [0.717, 1.165) is 5.56 Å². The van der Waals surface area contributed by atoms with Gasteiger partial charge in [-0.2, -0.15) is 5.26 Å². The Bertz CT molecular complexity index is 357. The largest absolute Gasteiger partial charge is 0.398 e. The fraction of sp³-hybridized carbons (Fsp3) is 0.300. The van der Waals surface area contributed by atoms with Crippen LogP contribution in [0.3, 0.4) is 0 Å². The van der Waals surface area contributed by atoms with E-state index in [1.165, 1.54) is 0 Å². The van der Waals surface area contributed by atoms with E-state index in [1.807, 2.05) is 6.07 Å². The summed E-state index contributed by atoms with van der Waals surface area (Å²) in [6, 6.07) is 6.71. The summed E-state index contributed by atoms with van der Waals surface area (Å²) < 4.78 is 0. The molecule has 0 aliphatic rings. The van der Waals surface area contributed by atoms with Gasteiger partial charge in [-0.05, 0) is 24.1 Å². The summed E-state index contributed by atoms with van der Waals surface area (Å²) in [6.07, 6.45) is 0.468. The van der Waals surface area contributed by atoms with E-state index in [9.17, 15) is 0 Å². The van der Waals surface area contributed by atoms with E-state index in [1.54, 1.807) is 18.2 Å². The van der Waals surface area contributed by atoms with Crippen LogP contribution in [-0.2, 0) is 0 Å². The number of nitrogens with zero attached hydrogens (tertiary/aromatic N) is 1. The molecule has 1 aromatic carbocycles. The number of hydrogen-bond donors (Lipinski definition) is 3. The van der Waals surface area contributed by atoms with Gasteiger partial charge in [0.25, 0.3) is 0 Å². The van der Waals surface area contributed by atoms with Crippen molar-refractivity contribution in [1.29, 1.82) is 5.26 Å². The molecular formula is C10H13N3O. The molecule has 0 saturated heterocycles. The van der Waals surface area contributed by atoms with Gasteiger partial charge in [0.2, 0.25) is 0 Å². The van der Waals surface area contributed by atoms with E-state index >= 15 is 0 Å². The van der Waals surface area contributed by atoms with Gasteiger partial charge in [-0.25, -0.2) is 0 Å². The lowest BCUT2D eigenvalue weighted by Gasteiger charge is -2.12. The number of anilines is 1. The van der Waals surface area contributed by atoms with E-state index < -0.39 is 0 Å². The summed E-state index contributed by atoms with van der Waals surface area (Å²) in [5.41, 5.74) is 13.3. The SMILES string of the molecule is N#Cc1ccc([C@H](N)CCO)c(N)c1. The van der Waals surface area contributed by atoms with Crippen LogP contribution in [0.25, 0.3) is 0 Å². The van der Waals surface area contributed by atoms with Crippen LogP contribution < -0.4 is 11.5 Å². The lowest BCUT2D eigenvalue weighted by Crippen LogP contribution is -2.13. The molecule has 0 unspecified atom stereocenters. The van der Waals surface area contributed by atoms with Gasteiger partial charge in [-0.15, -0.1) is 0 Å². The Hall–Kier alpha value is -1.57. The lowest BCUT2D eigenvalue weighted by molar-refractivity contribution is 0.276. The molecule has 1 atom stereocenters. The minimum Gasteiger partial charge on any atom is -0.398 e. The van der Waals surface area contributed by atoms with Crippen molar-refractivity contribution in [3.63, 3.8) is 0 Å². The Morgan fingerprint density at radius 1 is 1.50 bits per heavy atom. The average Bonchev–Trinajstić information content (AvgIpc) is 2.17. The van der Waals surface area contributed by atoms with E-state index in [-0.39, 0.29) is 12.6 Å². The summed E-state index contributed by atoms with van der Waals surface area (Å²) in [5.74, 6) is 0. The van der Waals surface area contributed by atoms with Crippen molar-refractivity contribution < 1.29 is 5.11 Å². The quantitative estimate of drug-likeness (QED) is 0.607. The molecule has 0 aromatic heterocycles. The number of benzene rings is 1. The summed E-state index contributed by atoms with van der Waals surface area (Å²) in [7, 11) is 0. The number of nitriles is 1. The van der Waals surface area contributed by atoms with E-state index in [2.05, 4.69) is 0 Å². The molecule has 0 amide bonds. The maximum atomic E-state index is 8.72. The van der Waals surface area contributed by atoms with Gasteiger partial charge in [0.05, 0.1) is 11.6 Å². The molecule has 4 nitrogen and oxygen atoms in total. The fourth-order valence-electron chi connectivity index (χ4n) is 1.28. The van der Waals surface area contributed by atoms with Gasteiger partial charge in [-0.1, -0.05) is 6.07 Å². The molecule has 0 saturated carbocycles. The lowest BCUT2D eigenvalue weighted by atomic mass is 10.0. The molecule has 4 heteroatoms. The first kappa shape index (κ1) is 10.5. The first-order chi connectivity index (χ1) is 6.69. The Kier molecular flexibility index (Phi) is 3.46. The van der Waals surface area contributed by atoms with Crippen LogP contribution in [-0.4, -0.2) is 11.7 Å². The molecule has 0 aliphatic carbocycles. The van der Waals surface area contributed by atoms with Gasteiger partial charge >= 0.3 is 0 Å². The van der Waals surface area contributed by atoms with Crippen molar-refractivity contribution in [3.05, 3.63) is 29.3 Å². The zero-order chi connectivity index (χ0) is 10.6. The highest BCUT2D eigenvalue weighted by atomic mass is 16.3. The van der Waals surface area contributed by atoms with Crippen LogP contribution in [0, 0.1) is 11.3 Å². The third kappa shape index (κ3) is 2.22. The molecule has 74 valence electrons. The average molecular weight is 191 g/mol. The Morgan fingerprint density at radius 2 is 2.21 bits per heavy atom. The van der Waals surface area contributed by atoms with Crippen molar-refractivity contribution >= 4 is 5.69 Å². The Morgan fingerprint density at radius 3 is 2.71 bits per heavy atom. The first-order valence-corrected chi connectivity index (χ1v) is 4.35. The highest BCUT2D eigenvalue weighted by Gasteiger charge is 2.09. The normalized spacial score (nSPS) is 12.1. The minimum absolute atomic E-state index is 0.0284. The molecule has 0 fully saturated rings. The van der Waals surface area contributed by atoms with Crippen LogP contribution >= 0.6 is 0 Å². The molecule has 0 bridgehead atoms. The maximum Gasteiger partial charge on any atom is 0.0992 e. The van der Waals surface area contributed by atoms with Crippen molar-refractivity contribution in [1.82, 2.24) is 0 Å². The third-order valence-corrected chi connectivity index (χ3v) is 2.06. The van der Waals surface area contributed by atoms with Crippen molar-refractivity contribution in [3.8, 4) is 6.07 Å². The smallest absolute Gasteiger partial charge is 0.0992 e. The van der Waals surface area contributed by atoms with Gasteiger partial charge in [0, 0.05) is 18.3 Å². The predicted molar refractivity (Wildman–Crippen MR) is 54.2 cm³/mol. The minimum atomic E-state index is -0.271. The van der Waals surface area contributed by atoms with Gasteiger partial charge in [0.1, 0.15) is 0 Å². The highest BCUT2D eigenvalue weighted by Crippen LogP contribution is 2.21. The molecule has 14 heavy (non-hydrogen) atoms. The number of aliphatic hydroxyl groups excluding tert-OH is 1. The Labute approximate surface area is 82.8 Å².